The largest absolute Gasteiger partial charge is 0.392 e. The summed E-state index contributed by atoms with van der Waals surface area (Å²) in [5.74, 6) is -0.205. The van der Waals surface area contributed by atoms with Gasteiger partial charge in [-0.25, -0.2) is 4.68 Å². The predicted molar refractivity (Wildman–Crippen MR) is 77.1 cm³/mol. The summed E-state index contributed by atoms with van der Waals surface area (Å²) in [7, 11) is 0. The van der Waals surface area contributed by atoms with Gasteiger partial charge < -0.3 is 10.4 Å². The van der Waals surface area contributed by atoms with E-state index in [4.69, 9.17) is 0 Å². The lowest BCUT2D eigenvalue weighted by Gasteiger charge is -2.08. The van der Waals surface area contributed by atoms with Crippen molar-refractivity contribution in [1.29, 1.82) is 0 Å². The molecule has 0 bridgehead atoms. The third-order valence-electron chi connectivity index (χ3n) is 3.08. The molecule has 1 atom stereocenters. The maximum atomic E-state index is 12.2. The Balaban J connectivity index is 2.32. The van der Waals surface area contributed by atoms with Gasteiger partial charge in [0.25, 0.3) is 5.91 Å². The number of benzene rings is 1. The lowest BCUT2D eigenvalue weighted by Crippen LogP contribution is -2.31. The first-order valence-corrected chi connectivity index (χ1v) is 6.58. The molecule has 1 amide bonds. The zero-order valence-electron chi connectivity index (χ0n) is 11.9. The molecule has 5 nitrogen and oxygen atoms in total. The van der Waals surface area contributed by atoms with Gasteiger partial charge in [-0.15, -0.1) is 0 Å². The van der Waals surface area contributed by atoms with Crippen LogP contribution in [0.15, 0.2) is 30.3 Å². The fourth-order valence-electron chi connectivity index (χ4n) is 2.12. The Morgan fingerprint density at radius 3 is 2.60 bits per heavy atom. The zero-order chi connectivity index (χ0) is 14.7. The van der Waals surface area contributed by atoms with Crippen molar-refractivity contribution in [3.8, 4) is 5.69 Å². The van der Waals surface area contributed by atoms with Crippen molar-refractivity contribution in [2.24, 2.45) is 0 Å². The molecule has 0 fully saturated rings. The summed E-state index contributed by atoms with van der Waals surface area (Å²) >= 11 is 0. The Hall–Kier alpha value is -2.14. The van der Waals surface area contributed by atoms with E-state index < -0.39 is 6.10 Å². The smallest absolute Gasteiger partial charge is 0.255 e. The molecule has 0 aliphatic heterocycles. The number of amides is 1. The average molecular weight is 273 g/mol. The van der Waals surface area contributed by atoms with Crippen LogP contribution >= 0.6 is 0 Å². The van der Waals surface area contributed by atoms with Crippen LogP contribution in [0.4, 0.5) is 0 Å². The maximum absolute atomic E-state index is 12.2. The Morgan fingerprint density at radius 2 is 2.00 bits per heavy atom. The Bertz CT molecular complexity index is 603. The van der Waals surface area contributed by atoms with Crippen LogP contribution in [0.5, 0.6) is 0 Å². The van der Waals surface area contributed by atoms with Gasteiger partial charge in [0.1, 0.15) is 0 Å². The molecule has 0 aliphatic rings. The lowest BCUT2D eigenvalue weighted by molar-refractivity contribution is 0.0923. The molecular formula is C15H19N3O2. The predicted octanol–water partition coefficient (Wildman–Crippen LogP) is 1.60. The lowest BCUT2D eigenvalue weighted by atomic mass is 10.2. The van der Waals surface area contributed by atoms with E-state index >= 15 is 0 Å². The monoisotopic (exact) mass is 273 g/mol. The summed E-state index contributed by atoms with van der Waals surface area (Å²) in [4.78, 5) is 12.2. The van der Waals surface area contributed by atoms with E-state index in [1.165, 1.54) is 0 Å². The Kier molecular flexibility index (Phi) is 4.20. The Morgan fingerprint density at radius 1 is 1.35 bits per heavy atom. The normalized spacial score (nSPS) is 12.2. The van der Waals surface area contributed by atoms with E-state index in [9.17, 15) is 9.90 Å². The number of rotatable bonds is 4. The number of nitrogens with one attached hydrogen (secondary N) is 1. The molecule has 0 radical (unpaired) electrons. The van der Waals surface area contributed by atoms with Crippen LogP contribution < -0.4 is 5.32 Å². The molecule has 2 aromatic rings. The fraction of sp³-hybridized carbons (Fsp3) is 0.333. The first-order chi connectivity index (χ1) is 9.50. The van der Waals surface area contributed by atoms with Gasteiger partial charge in [-0.05, 0) is 32.9 Å². The van der Waals surface area contributed by atoms with E-state index in [0.717, 1.165) is 11.4 Å². The molecule has 1 aromatic heterocycles. The fourth-order valence-corrected chi connectivity index (χ4v) is 2.12. The molecule has 2 N–H and O–H groups in total. The summed E-state index contributed by atoms with van der Waals surface area (Å²) in [5, 5.41) is 16.4. The van der Waals surface area contributed by atoms with Crippen LogP contribution in [0.25, 0.3) is 5.69 Å². The molecular weight excluding hydrogens is 254 g/mol. The number of carbonyl (C=O) groups is 1. The van der Waals surface area contributed by atoms with E-state index in [-0.39, 0.29) is 12.5 Å². The van der Waals surface area contributed by atoms with Gasteiger partial charge in [0.2, 0.25) is 0 Å². The van der Waals surface area contributed by atoms with E-state index in [1.54, 1.807) is 11.6 Å². The van der Waals surface area contributed by atoms with Crippen LogP contribution in [-0.4, -0.2) is 33.4 Å². The Labute approximate surface area is 118 Å². The second-order valence-corrected chi connectivity index (χ2v) is 4.85. The van der Waals surface area contributed by atoms with Gasteiger partial charge in [-0.2, -0.15) is 5.10 Å². The van der Waals surface area contributed by atoms with E-state index in [0.29, 0.717) is 11.3 Å². The first-order valence-electron chi connectivity index (χ1n) is 6.58. The summed E-state index contributed by atoms with van der Waals surface area (Å²) in [6, 6.07) is 9.68. The number of aryl methyl sites for hydroxylation is 1. The third kappa shape index (κ3) is 2.88. The number of hydrogen-bond donors (Lipinski definition) is 2. The second-order valence-electron chi connectivity index (χ2n) is 4.85. The van der Waals surface area contributed by atoms with Crippen LogP contribution in [0.2, 0.25) is 0 Å². The van der Waals surface area contributed by atoms with Crippen molar-refractivity contribution in [3.05, 3.63) is 47.3 Å². The van der Waals surface area contributed by atoms with Gasteiger partial charge in [0, 0.05) is 6.54 Å². The number of carbonyl (C=O) groups excluding carboxylic acids is 1. The SMILES string of the molecule is Cc1nn(-c2ccccc2)c(C)c1C(=O)NC[C@@H](C)O. The first kappa shape index (κ1) is 14.3. The number of aromatic nitrogens is 2. The topological polar surface area (TPSA) is 67.2 Å². The summed E-state index contributed by atoms with van der Waals surface area (Å²) in [5.41, 5.74) is 2.95. The van der Waals surface area contributed by atoms with Crippen molar-refractivity contribution >= 4 is 5.91 Å². The van der Waals surface area contributed by atoms with Gasteiger partial charge in [-0.1, -0.05) is 18.2 Å². The quantitative estimate of drug-likeness (QED) is 0.889. The number of aliphatic hydroxyl groups excluding tert-OH is 1. The van der Waals surface area contributed by atoms with Crippen molar-refractivity contribution in [1.82, 2.24) is 15.1 Å². The molecule has 5 heteroatoms. The molecule has 0 unspecified atom stereocenters. The van der Waals surface area contributed by atoms with Crippen LogP contribution in [0, 0.1) is 13.8 Å². The van der Waals surface area contributed by atoms with Crippen molar-refractivity contribution in [2.75, 3.05) is 6.54 Å². The average Bonchev–Trinajstić information content (AvgIpc) is 2.72. The van der Waals surface area contributed by atoms with Gasteiger partial charge >= 0.3 is 0 Å². The van der Waals surface area contributed by atoms with Gasteiger partial charge in [-0.3, -0.25) is 4.79 Å². The van der Waals surface area contributed by atoms with Crippen LogP contribution in [0.3, 0.4) is 0 Å². The highest BCUT2D eigenvalue weighted by Gasteiger charge is 2.19. The highest BCUT2D eigenvalue weighted by atomic mass is 16.3. The highest BCUT2D eigenvalue weighted by molar-refractivity contribution is 5.96. The molecule has 2 rings (SSSR count). The number of hydrogen-bond acceptors (Lipinski definition) is 3. The van der Waals surface area contributed by atoms with Gasteiger partial charge in [0.15, 0.2) is 0 Å². The second kappa shape index (κ2) is 5.88. The number of para-hydroxylation sites is 1. The van der Waals surface area contributed by atoms with Crippen LogP contribution in [-0.2, 0) is 0 Å². The number of nitrogens with zero attached hydrogens (tertiary/aromatic N) is 2. The summed E-state index contributed by atoms with van der Waals surface area (Å²) in [6.07, 6.45) is -0.566. The van der Waals surface area contributed by atoms with E-state index in [1.807, 2.05) is 44.2 Å². The summed E-state index contributed by atoms with van der Waals surface area (Å²) < 4.78 is 1.76. The molecule has 20 heavy (non-hydrogen) atoms. The maximum Gasteiger partial charge on any atom is 0.255 e. The number of aliphatic hydroxyl groups is 1. The molecule has 106 valence electrons. The molecule has 0 spiro atoms. The van der Waals surface area contributed by atoms with E-state index in [2.05, 4.69) is 10.4 Å². The zero-order valence-corrected chi connectivity index (χ0v) is 11.9. The molecule has 1 aromatic carbocycles. The molecule has 0 saturated heterocycles. The summed E-state index contributed by atoms with van der Waals surface area (Å²) in [6.45, 7) is 5.54. The third-order valence-corrected chi connectivity index (χ3v) is 3.08. The molecule has 1 heterocycles. The minimum Gasteiger partial charge on any atom is -0.392 e. The molecule has 0 aliphatic carbocycles. The van der Waals surface area contributed by atoms with Crippen molar-refractivity contribution in [3.63, 3.8) is 0 Å². The minimum absolute atomic E-state index is 0.205. The highest BCUT2D eigenvalue weighted by Crippen LogP contribution is 2.17. The van der Waals surface area contributed by atoms with Crippen LogP contribution in [0.1, 0.15) is 28.7 Å². The molecule has 0 saturated carbocycles. The minimum atomic E-state index is -0.566. The van der Waals surface area contributed by atoms with Crippen molar-refractivity contribution in [2.45, 2.75) is 26.9 Å². The standard InChI is InChI=1S/C15H19N3O2/c1-10(19)9-16-15(20)14-11(2)17-18(12(14)3)13-7-5-4-6-8-13/h4-8,10,19H,9H2,1-3H3,(H,16,20)/t10-/m1/s1. The van der Waals surface area contributed by atoms with Gasteiger partial charge in [0.05, 0.1) is 28.7 Å². The van der Waals surface area contributed by atoms with Crippen molar-refractivity contribution < 1.29 is 9.90 Å².